The lowest BCUT2D eigenvalue weighted by Gasteiger charge is -2.58. The number of amides is 1. The molecule has 1 aliphatic heterocycles. The molecule has 1 amide bonds. The molecule has 0 spiro atoms. The average Bonchev–Trinajstić information content (AvgIpc) is 3.47. The molecule has 0 aromatic rings. The minimum Gasteiger partial charge on any atom is -0.446 e. The summed E-state index contributed by atoms with van der Waals surface area (Å²) in [6.07, 6.45) is 10.9. The molecule has 38 heavy (non-hydrogen) atoms. The van der Waals surface area contributed by atoms with Gasteiger partial charge in [0.15, 0.2) is 12.5 Å². The minimum atomic E-state index is -0.581. The quantitative estimate of drug-likeness (QED) is 0.163. The number of nitrogens with zero attached hydrogens (tertiary/aromatic N) is 2. The molecule has 8 nitrogen and oxygen atoms in total. The third kappa shape index (κ3) is 4.93. The van der Waals surface area contributed by atoms with Crippen molar-refractivity contribution in [3.63, 3.8) is 0 Å². The standard InChI is InChI=1S/C30H45N3O5/c1-19-13-22(31-15-19)16-33(17-37-18-34)28(36)38-32-20(2)25-7-8-26-24-6-5-21-14-23(35)9-11-29(21,3)27(24)10-12-30(25,26)4/h14,18-19,22,24-27,31H,5-13,15-17H2,1-4H3/b32-20+/t19?,22?,24-,25+,26-,27-,29-,30+/m0/s1. The SMILES string of the molecule is C/C(=N\OC(=O)N(COC=O)CC1CC(C)CN1)[C@H]1CC[C@H]2[C@@H]3CCC4=CC(=O)CC[C@]4(C)[C@H]3CC[C@]12C. The van der Waals surface area contributed by atoms with Crippen molar-refractivity contribution in [2.45, 2.75) is 91.5 Å². The van der Waals surface area contributed by atoms with Crippen molar-refractivity contribution in [1.82, 2.24) is 10.2 Å². The number of fused-ring (bicyclic) bond motifs is 5. The van der Waals surface area contributed by atoms with E-state index in [-0.39, 0.29) is 29.5 Å². The number of carbonyl (C=O) groups is 3. The molecular formula is C30H45N3O5. The fourth-order valence-corrected chi connectivity index (χ4v) is 9.20. The normalized spacial score (nSPS) is 40.5. The molecule has 0 bridgehead atoms. The molecule has 2 unspecified atom stereocenters. The Bertz CT molecular complexity index is 1010. The molecule has 3 saturated carbocycles. The van der Waals surface area contributed by atoms with Crippen molar-refractivity contribution in [3.8, 4) is 0 Å². The Labute approximate surface area is 226 Å². The summed E-state index contributed by atoms with van der Waals surface area (Å²) in [5.41, 5.74) is 2.61. The Morgan fingerprint density at radius 1 is 1.18 bits per heavy atom. The fraction of sp³-hybridized carbons (Fsp3) is 0.800. The monoisotopic (exact) mass is 527 g/mol. The first-order valence-corrected chi connectivity index (χ1v) is 14.7. The predicted molar refractivity (Wildman–Crippen MR) is 144 cm³/mol. The number of allylic oxidation sites excluding steroid dienone is 1. The van der Waals surface area contributed by atoms with E-state index < -0.39 is 6.09 Å². The first kappa shape index (κ1) is 27.4. The van der Waals surface area contributed by atoms with E-state index >= 15 is 0 Å². The van der Waals surface area contributed by atoms with Gasteiger partial charge in [-0.3, -0.25) is 19.3 Å². The topological polar surface area (TPSA) is 97.3 Å². The predicted octanol–water partition coefficient (Wildman–Crippen LogP) is 5.08. The number of carbonyl (C=O) groups excluding carboxylic acids is 3. The van der Waals surface area contributed by atoms with Gasteiger partial charge in [0.25, 0.3) is 6.47 Å². The molecule has 1 saturated heterocycles. The second-order valence-electron chi connectivity index (χ2n) is 13.3. The van der Waals surface area contributed by atoms with Gasteiger partial charge >= 0.3 is 6.09 Å². The third-order valence-corrected chi connectivity index (χ3v) is 11.2. The van der Waals surface area contributed by atoms with Gasteiger partial charge in [-0.25, -0.2) is 4.79 Å². The summed E-state index contributed by atoms with van der Waals surface area (Å²) in [6, 6.07) is 0.151. The molecule has 5 aliphatic rings. The second-order valence-corrected chi connectivity index (χ2v) is 13.3. The highest BCUT2D eigenvalue weighted by molar-refractivity contribution is 5.91. The van der Waals surface area contributed by atoms with Crippen LogP contribution in [0.1, 0.15) is 85.5 Å². The molecule has 0 aromatic carbocycles. The Hall–Kier alpha value is -2.22. The summed E-state index contributed by atoms with van der Waals surface area (Å²) in [5, 5.41) is 7.78. The molecule has 0 radical (unpaired) electrons. The Balaban J connectivity index is 1.25. The van der Waals surface area contributed by atoms with Crippen LogP contribution in [0, 0.1) is 40.4 Å². The van der Waals surface area contributed by atoms with Gasteiger partial charge in [0.1, 0.15) is 0 Å². The van der Waals surface area contributed by atoms with Crippen molar-refractivity contribution in [2.24, 2.45) is 45.6 Å². The fourth-order valence-electron chi connectivity index (χ4n) is 9.20. The van der Waals surface area contributed by atoms with E-state index in [1.54, 1.807) is 0 Å². The summed E-state index contributed by atoms with van der Waals surface area (Å²) in [5.74, 6) is 3.12. The molecule has 1 heterocycles. The minimum absolute atomic E-state index is 0.142. The summed E-state index contributed by atoms with van der Waals surface area (Å²) < 4.78 is 4.89. The molecule has 4 aliphatic carbocycles. The molecule has 4 fully saturated rings. The van der Waals surface area contributed by atoms with Crippen LogP contribution in [-0.4, -0.2) is 54.8 Å². The number of ether oxygens (including phenoxy) is 1. The number of hydrogen-bond donors (Lipinski definition) is 1. The van der Waals surface area contributed by atoms with Crippen LogP contribution in [0.4, 0.5) is 4.79 Å². The van der Waals surface area contributed by atoms with Gasteiger partial charge in [-0.05, 0) is 105 Å². The molecule has 210 valence electrons. The van der Waals surface area contributed by atoms with E-state index in [1.165, 1.54) is 29.7 Å². The maximum Gasteiger partial charge on any atom is 0.438 e. The van der Waals surface area contributed by atoms with Crippen LogP contribution in [0.2, 0.25) is 0 Å². The zero-order valence-corrected chi connectivity index (χ0v) is 23.5. The van der Waals surface area contributed by atoms with Gasteiger partial charge in [-0.15, -0.1) is 0 Å². The number of oxime groups is 1. The van der Waals surface area contributed by atoms with E-state index in [0.29, 0.717) is 48.9 Å². The molecule has 5 rings (SSSR count). The van der Waals surface area contributed by atoms with Crippen LogP contribution < -0.4 is 5.32 Å². The van der Waals surface area contributed by atoms with E-state index in [4.69, 9.17) is 9.57 Å². The first-order valence-electron chi connectivity index (χ1n) is 14.7. The lowest BCUT2D eigenvalue weighted by atomic mass is 9.46. The van der Waals surface area contributed by atoms with Crippen LogP contribution in [0.25, 0.3) is 0 Å². The largest absolute Gasteiger partial charge is 0.446 e. The smallest absolute Gasteiger partial charge is 0.438 e. The highest BCUT2D eigenvalue weighted by atomic mass is 16.7. The van der Waals surface area contributed by atoms with Gasteiger partial charge in [-0.1, -0.05) is 31.5 Å². The van der Waals surface area contributed by atoms with Crippen LogP contribution in [0.3, 0.4) is 0 Å². The summed E-state index contributed by atoms with van der Waals surface area (Å²) in [7, 11) is 0. The number of rotatable bonds is 7. The number of hydrogen-bond acceptors (Lipinski definition) is 7. The maximum atomic E-state index is 12.9. The van der Waals surface area contributed by atoms with Crippen molar-refractivity contribution in [3.05, 3.63) is 11.6 Å². The van der Waals surface area contributed by atoms with Crippen LogP contribution in [-0.2, 0) is 19.2 Å². The number of nitrogens with one attached hydrogen (secondary N) is 1. The molecule has 8 heteroatoms. The van der Waals surface area contributed by atoms with E-state index in [9.17, 15) is 14.4 Å². The van der Waals surface area contributed by atoms with Gasteiger partial charge in [0, 0.05) is 24.9 Å². The van der Waals surface area contributed by atoms with Crippen molar-refractivity contribution < 1.29 is 24.0 Å². The second kappa shape index (κ2) is 10.7. The summed E-state index contributed by atoms with van der Waals surface area (Å²) in [4.78, 5) is 42.7. The lowest BCUT2D eigenvalue weighted by Crippen LogP contribution is -2.51. The summed E-state index contributed by atoms with van der Waals surface area (Å²) >= 11 is 0. The number of ketones is 1. The maximum absolute atomic E-state index is 12.9. The van der Waals surface area contributed by atoms with Crippen LogP contribution in [0.15, 0.2) is 16.8 Å². The van der Waals surface area contributed by atoms with Crippen LogP contribution in [0.5, 0.6) is 0 Å². The molecule has 8 atom stereocenters. The van der Waals surface area contributed by atoms with Gasteiger partial charge in [0.05, 0.1) is 5.71 Å². The van der Waals surface area contributed by atoms with Crippen molar-refractivity contribution in [1.29, 1.82) is 0 Å². The van der Waals surface area contributed by atoms with E-state index in [1.807, 2.05) is 13.0 Å². The van der Waals surface area contributed by atoms with Crippen LogP contribution >= 0.6 is 0 Å². The molecule has 1 N–H and O–H groups in total. The third-order valence-electron chi connectivity index (χ3n) is 11.2. The average molecular weight is 528 g/mol. The van der Waals surface area contributed by atoms with Gasteiger partial charge in [0.2, 0.25) is 0 Å². The highest BCUT2D eigenvalue weighted by Gasteiger charge is 2.59. The van der Waals surface area contributed by atoms with Gasteiger partial charge in [-0.2, -0.15) is 0 Å². The molecule has 0 aromatic heterocycles. The zero-order chi connectivity index (χ0) is 27.1. The van der Waals surface area contributed by atoms with Crippen molar-refractivity contribution >= 4 is 24.1 Å². The first-order chi connectivity index (χ1) is 18.2. The van der Waals surface area contributed by atoms with Crippen molar-refractivity contribution in [2.75, 3.05) is 19.8 Å². The Morgan fingerprint density at radius 3 is 2.74 bits per heavy atom. The lowest BCUT2D eigenvalue weighted by molar-refractivity contribution is -0.132. The molecular weight excluding hydrogens is 482 g/mol. The Morgan fingerprint density at radius 2 is 2.00 bits per heavy atom. The van der Waals surface area contributed by atoms with E-state index in [2.05, 4.69) is 31.2 Å². The Kier molecular flexibility index (Phi) is 7.73. The zero-order valence-electron chi connectivity index (χ0n) is 23.5. The highest BCUT2D eigenvalue weighted by Crippen LogP contribution is 2.66. The summed E-state index contributed by atoms with van der Waals surface area (Å²) in [6.45, 7) is 10.6. The van der Waals surface area contributed by atoms with E-state index in [0.717, 1.165) is 44.4 Å². The van der Waals surface area contributed by atoms with Gasteiger partial charge < -0.3 is 10.1 Å².